The van der Waals surface area contributed by atoms with Crippen molar-refractivity contribution in [1.82, 2.24) is 38.9 Å². The van der Waals surface area contributed by atoms with Gasteiger partial charge in [0.15, 0.2) is 5.65 Å². The van der Waals surface area contributed by atoms with Gasteiger partial charge in [-0.05, 0) is 51.8 Å². The van der Waals surface area contributed by atoms with Crippen LogP contribution in [-0.2, 0) is 6.54 Å². The molecule has 0 amide bonds. The number of rotatable bonds is 6. The molecule has 9 nitrogen and oxygen atoms in total. The molecule has 1 aliphatic heterocycles. The Balaban J connectivity index is 1.16. The zero-order valence-corrected chi connectivity index (χ0v) is 21.3. The first kappa shape index (κ1) is 24.2. The lowest BCUT2D eigenvalue weighted by Crippen LogP contribution is -2.50. The van der Waals surface area contributed by atoms with Crippen molar-refractivity contribution in [2.75, 3.05) is 38.5 Å². The Morgan fingerprint density at radius 3 is 2.57 bits per heavy atom. The first-order valence-corrected chi connectivity index (χ1v) is 13.1. The number of aromatic nitrogens is 6. The molecule has 1 saturated heterocycles. The molecule has 2 fully saturated rings. The van der Waals surface area contributed by atoms with E-state index in [2.05, 4.69) is 37.1 Å². The normalized spacial score (nSPS) is 21.9. The van der Waals surface area contributed by atoms with Crippen molar-refractivity contribution in [3.8, 4) is 11.1 Å². The summed E-state index contributed by atoms with van der Waals surface area (Å²) in [7, 11) is 2.20. The zero-order valence-electron chi connectivity index (χ0n) is 21.3. The molecule has 37 heavy (non-hydrogen) atoms. The second kappa shape index (κ2) is 9.94. The highest BCUT2D eigenvalue weighted by Gasteiger charge is 2.28. The minimum atomic E-state index is -2.46. The van der Waals surface area contributed by atoms with Crippen LogP contribution in [0.5, 0.6) is 0 Å². The van der Waals surface area contributed by atoms with E-state index in [9.17, 15) is 8.78 Å². The van der Waals surface area contributed by atoms with Crippen molar-refractivity contribution >= 4 is 22.6 Å². The van der Waals surface area contributed by atoms with E-state index < -0.39 is 13.0 Å². The summed E-state index contributed by atoms with van der Waals surface area (Å²) in [6.07, 6.45) is 7.61. The highest BCUT2D eigenvalue weighted by atomic mass is 19.3. The van der Waals surface area contributed by atoms with Crippen LogP contribution in [0.15, 0.2) is 30.7 Å². The molecule has 0 atom stereocenters. The summed E-state index contributed by atoms with van der Waals surface area (Å²) < 4.78 is 29.6. The number of nitrogens with zero attached hydrogens (tertiary/aromatic N) is 8. The molecule has 11 heteroatoms. The van der Waals surface area contributed by atoms with E-state index in [-0.39, 0.29) is 0 Å². The van der Waals surface area contributed by atoms with E-state index in [0.29, 0.717) is 35.0 Å². The lowest BCUT2D eigenvalue weighted by Gasteiger charge is -2.41. The van der Waals surface area contributed by atoms with Gasteiger partial charge in [-0.3, -0.25) is 4.90 Å². The molecule has 1 aliphatic carbocycles. The van der Waals surface area contributed by atoms with Crippen LogP contribution in [0.1, 0.15) is 31.5 Å². The summed E-state index contributed by atoms with van der Waals surface area (Å²) in [6, 6.07) is 4.89. The van der Waals surface area contributed by atoms with Crippen LogP contribution in [0.3, 0.4) is 0 Å². The number of fused-ring (bicyclic) bond motifs is 2. The number of aryl methyl sites for hydroxylation is 1. The van der Waals surface area contributed by atoms with Crippen molar-refractivity contribution in [1.29, 1.82) is 0 Å². The summed E-state index contributed by atoms with van der Waals surface area (Å²) in [5.74, 6) is 1.15. The SMILES string of the molecule is Cc1nc2ncc(-c3ccn4nc(N[C@H]5CC[C@@H](N6CCN(C)CC6)CC5)ncc34)cc2n1CC(F)F. The number of halogens is 2. The van der Waals surface area contributed by atoms with Crippen molar-refractivity contribution in [2.24, 2.45) is 0 Å². The molecule has 0 radical (unpaired) electrons. The van der Waals surface area contributed by atoms with E-state index in [1.807, 2.05) is 29.0 Å². The van der Waals surface area contributed by atoms with Crippen LogP contribution in [0.25, 0.3) is 27.8 Å². The van der Waals surface area contributed by atoms with Gasteiger partial charge in [0, 0.05) is 61.8 Å². The highest BCUT2D eigenvalue weighted by molar-refractivity contribution is 5.85. The van der Waals surface area contributed by atoms with Crippen LogP contribution in [0.2, 0.25) is 0 Å². The second-order valence-electron chi connectivity index (χ2n) is 10.4. The van der Waals surface area contributed by atoms with Crippen molar-refractivity contribution in [3.05, 3.63) is 36.5 Å². The quantitative estimate of drug-likeness (QED) is 0.425. The molecule has 0 unspecified atom stereocenters. The maximum Gasteiger partial charge on any atom is 0.256 e. The second-order valence-corrected chi connectivity index (χ2v) is 10.4. The minimum absolute atomic E-state index is 0.376. The monoisotopic (exact) mass is 509 g/mol. The molecule has 0 bridgehead atoms. The summed E-state index contributed by atoms with van der Waals surface area (Å²) >= 11 is 0. The molecule has 1 saturated carbocycles. The first-order chi connectivity index (χ1) is 17.9. The van der Waals surface area contributed by atoms with Gasteiger partial charge in [-0.1, -0.05) is 0 Å². The minimum Gasteiger partial charge on any atom is -0.350 e. The van der Waals surface area contributed by atoms with Gasteiger partial charge in [0.05, 0.1) is 23.8 Å². The van der Waals surface area contributed by atoms with Gasteiger partial charge >= 0.3 is 0 Å². The molecule has 2 aliphatic rings. The zero-order chi connectivity index (χ0) is 25.5. The van der Waals surface area contributed by atoms with Gasteiger partial charge in [-0.2, -0.15) is 0 Å². The average Bonchev–Trinajstić information content (AvgIpc) is 3.45. The number of piperazine rings is 1. The van der Waals surface area contributed by atoms with Gasteiger partial charge < -0.3 is 14.8 Å². The van der Waals surface area contributed by atoms with Gasteiger partial charge in [-0.25, -0.2) is 28.2 Å². The Labute approximate surface area is 214 Å². The number of hydrogen-bond donors (Lipinski definition) is 1. The van der Waals surface area contributed by atoms with Crippen LogP contribution in [0.4, 0.5) is 14.7 Å². The molecule has 4 aromatic heterocycles. The average molecular weight is 510 g/mol. The Hall–Kier alpha value is -3.18. The molecule has 0 aromatic carbocycles. The summed E-state index contributed by atoms with van der Waals surface area (Å²) in [4.78, 5) is 18.4. The molecular weight excluding hydrogens is 476 g/mol. The number of imidazole rings is 1. The lowest BCUT2D eigenvalue weighted by molar-refractivity contribution is 0.0893. The van der Waals surface area contributed by atoms with E-state index in [0.717, 1.165) is 42.6 Å². The van der Waals surface area contributed by atoms with Crippen LogP contribution in [0, 0.1) is 6.92 Å². The van der Waals surface area contributed by atoms with Crippen molar-refractivity contribution in [3.63, 3.8) is 0 Å². The number of likely N-dealkylation sites (N-methyl/N-ethyl adjacent to an activating group) is 1. The molecule has 196 valence electrons. The third-order valence-electron chi connectivity index (χ3n) is 7.93. The number of hydrogen-bond acceptors (Lipinski definition) is 7. The number of alkyl halides is 2. The molecule has 1 N–H and O–H groups in total. The standard InChI is InChI=1S/C26H33F2N9/c1-17-31-25-22(36(17)16-24(27)28)13-18(14-29-25)21-7-8-37-23(21)15-30-26(33-37)32-19-3-5-20(6-4-19)35-11-9-34(2)10-12-35/h7-8,13-15,19-20,24H,3-6,9-12,16H2,1-2H3,(H,32,33)/t19-,20+. The van der Waals surface area contributed by atoms with Crippen LogP contribution >= 0.6 is 0 Å². The molecule has 0 spiro atoms. The van der Waals surface area contributed by atoms with Crippen molar-refractivity contribution < 1.29 is 8.78 Å². The molecule has 5 heterocycles. The van der Waals surface area contributed by atoms with Crippen LogP contribution in [-0.4, -0.2) is 90.7 Å². The maximum atomic E-state index is 13.1. The molecule has 6 rings (SSSR count). The van der Waals surface area contributed by atoms with Gasteiger partial charge in [0.25, 0.3) is 6.43 Å². The fourth-order valence-electron chi connectivity index (χ4n) is 5.80. The van der Waals surface area contributed by atoms with Crippen molar-refractivity contribution in [2.45, 2.75) is 57.7 Å². The topological polar surface area (TPSA) is 79.4 Å². The maximum absolute atomic E-state index is 13.1. The van der Waals surface area contributed by atoms with E-state index in [4.69, 9.17) is 5.10 Å². The summed E-state index contributed by atoms with van der Waals surface area (Å²) in [5.41, 5.74) is 3.62. The third kappa shape index (κ3) is 4.89. The first-order valence-electron chi connectivity index (χ1n) is 13.1. The fraction of sp³-hybridized carbons (Fsp3) is 0.538. The highest BCUT2D eigenvalue weighted by Crippen LogP contribution is 2.29. The smallest absolute Gasteiger partial charge is 0.256 e. The Bertz CT molecular complexity index is 1380. The number of nitrogens with one attached hydrogen (secondary N) is 1. The predicted molar refractivity (Wildman–Crippen MR) is 139 cm³/mol. The molecular formula is C26H33F2N9. The molecule has 4 aromatic rings. The largest absolute Gasteiger partial charge is 0.350 e. The Morgan fingerprint density at radius 2 is 1.81 bits per heavy atom. The Morgan fingerprint density at radius 1 is 1.03 bits per heavy atom. The number of anilines is 1. The van der Waals surface area contributed by atoms with Gasteiger partial charge in [0.2, 0.25) is 5.95 Å². The lowest BCUT2D eigenvalue weighted by atomic mass is 9.90. The number of pyridine rings is 1. The van der Waals surface area contributed by atoms with E-state index >= 15 is 0 Å². The van der Waals surface area contributed by atoms with E-state index in [1.54, 1.807) is 13.1 Å². The summed E-state index contributed by atoms with van der Waals surface area (Å²) in [6.45, 7) is 5.98. The summed E-state index contributed by atoms with van der Waals surface area (Å²) in [5, 5.41) is 8.24. The van der Waals surface area contributed by atoms with Gasteiger partial charge in [-0.15, -0.1) is 5.10 Å². The van der Waals surface area contributed by atoms with Crippen LogP contribution < -0.4 is 5.32 Å². The Kier molecular flexibility index (Phi) is 6.49. The fourth-order valence-corrected chi connectivity index (χ4v) is 5.80. The van der Waals surface area contributed by atoms with E-state index in [1.165, 1.54) is 30.5 Å². The van der Waals surface area contributed by atoms with Gasteiger partial charge in [0.1, 0.15) is 5.82 Å². The third-order valence-corrected chi connectivity index (χ3v) is 7.93. The predicted octanol–water partition coefficient (Wildman–Crippen LogP) is 3.69.